The van der Waals surface area contributed by atoms with Gasteiger partial charge in [0.25, 0.3) is 5.91 Å². The normalized spacial score (nSPS) is 28.0. The van der Waals surface area contributed by atoms with Crippen molar-refractivity contribution in [1.82, 2.24) is 20.5 Å². The first-order chi connectivity index (χ1) is 21.2. The van der Waals surface area contributed by atoms with Gasteiger partial charge >= 0.3 is 0 Å². The molecule has 1 aromatic carbocycles. The second kappa shape index (κ2) is 13.0. The summed E-state index contributed by atoms with van der Waals surface area (Å²) in [4.78, 5) is 55.9. The van der Waals surface area contributed by atoms with E-state index in [1.807, 2.05) is 11.4 Å². The molecule has 1 saturated heterocycles. The van der Waals surface area contributed by atoms with Crippen molar-refractivity contribution >= 4 is 35.0 Å². The molecule has 3 unspecified atom stereocenters. The third kappa shape index (κ3) is 6.70. The van der Waals surface area contributed by atoms with Gasteiger partial charge in [-0.2, -0.15) is 0 Å². The molecule has 10 heteroatoms. The quantitative estimate of drug-likeness (QED) is 0.320. The maximum Gasteiger partial charge on any atom is 0.255 e. The van der Waals surface area contributed by atoms with Crippen LogP contribution in [0.15, 0.2) is 23.6 Å². The summed E-state index contributed by atoms with van der Waals surface area (Å²) in [6.07, 6.45) is 11.3. The molecule has 3 atom stereocenters. The minimum atomic E-state index is -0.666. The van der Waals surface area contributed by atoms with Crippen molar-refractivity contribution in [1.29, 1.82) is 0 Å². The molecule has 4 amide bonds. The minimum Gasteiger partial charge on any atom is -0.487 e. The Hall–Kier alpha value is -3.27. The van der Waals surface area contributed by atoms with E-state index in [9.17, 15) is 19.2 Å². The van der Waals surface area contributed by atoms with Crippen LogP contribution in [-0.2, 0) is 34.1 Å². The molecule has 2 aliphatic carbocycles. The summed E-state index contributed by atoms with van der Waals surface area (Å²) < 4.78 is 6.09. The Balaban J connectivity index is 0.960. The van der Waals surface area contributed by atoms with Gasteiger partial charge in [0.15, 0.2) is 0 Å². The van der Waals surface area contributed by atoms with E-state index in [4.69, 9.17) is 4.74 Å². The first-order valence-electron chi connectivity index (χ1n) is 16.3. The van der Waals surface area contributed by atoms with Gasteiger partial charge in [0, 0.05) is 29.3 Å². The van der Waals surface area contributed by atoms with Crippen LogP contribution < -0.4 is 15.4 Å². The number of benzene rings is 1. The van der Waals surface area contributed by atoms with Gasteiger partial charge in [-0.25, -0.2) is 4.98 Å². The van der Waals surface area contributed by atoms with Gasteiger partial charge < -0.3 is 15.0 Å². The highest BCUT2D eigenvalue weighted by Crippen LogP contribution is 2.53. The van der Waals surface area contributed by atoms with Crippen molar-refractivity contribution in [2.75, 3.05) is 0 Å². The van der Waals surface area contributed by atoms with Crippen LogP contribution in [0.25, 0.3) is 0 Å². The summed E-state index contributed by atoms with van der Waals surface area (Å²) in [7, 11) is 0. The fourth-order valence-corrected chi connectivity index (χ4v) is 9.15. The number of nitrogens with one attached hydrogen (secondary N) is 2. The third-order valence-electron chi connectivity index (χ3n) is 10.4. The van der Waals surface area contributed by atoms with E-state index in [0.717, 1.165) is 46.9 Å². The molecule has 3 fully saturated rings. The van der Waals surface area contributed by atoms with Crippen LogP contribution >= 0.6 is 11.3 Å². The highest BCUT2D eigenvalue weighted by atomic mass is 32.1. The van der Waals surface area contributed by atoms with Gasteiger partial charge in [0.05, 0.1) is 18.8 Å². The number of carbonyl (C=O) groups is 4. The highest BCUT2D eigenvalue weighted by Gasteiger charge is 2.42. The Bertz CT molecular complexity index is 1400. The second-order valence-corrected chi connectivity index (χ2v) is 14.6. The molecule has 3 heterocycles. The van der Waals surface area contributed by atoms with Crippen molar-refractivity contribution in [3.63, 3.8) is 0 Å². The number of nitrogens with zero attached hydrogens (tertiary/aromatic N) is 2. The summed E-state index contributed by atoms with van der Waals surface area (Å²) >= 11 is 1.49. The molecule has 2 bridgehead atoms. The molecule has 4 aliphatic rings. The standard InChI is InChI=1S/C34H44N4O5S/c1-3-34(15-22-12-21(2)13-23(14-22)16-34)11-5-8-29(39)35-17-31-36-24(20-44-31)19-43-28-7-4-6-25-26(28)18-38(33(25)42)27-9-10-30(40)37-32(27)41/h4,6-7,20-23,27H,3,5,8-19H2,1-2H3,(H,35,39)(H,37,40,41). The fourth-order valence-electron chi connectivity index (χ4n) is 8.44. The van der Waals surface area contributed by atoms with Crippen molar-refractivity contribution < 1.29 is 23.9 Å². The topological polar surface area (TPSA) is 118 Å². The molecular formula is C34H44N4O5S. The SMILES string of the molecule is CCC1(CCCC(=O)NCc2nc(COc3cccc4c3CN(C3CCC(=O)NC3=O)C4=O)cs2)CC2CC(C)CC(C2)C1. The molecular weight excluding hydrogens is 576 g/mol. The summed E-state index contributed by atoms with van der Waals surface area (Å²) in [5, 5.41) is 8.14. The summed E-state index contributed by atoms with van der Waals surface area (Å²) in [5.74, 6) is 2.33. The van der Waals surface area contributed by atoms with Crippen molar-refractivity contribution in [2.24, 2.45) is 23.2 Å². The van der Waals surface area contributed by atoms with Crippen LogP contribution in [0.2, 0.25) is 0 Å². The van der Waals surface area contributed by atoms with Crippen LogP contribution in [0.3, 0.4) is 0 Å². The lowest BCUT2D eigenvalue weighted by atomic mass is 9.57. The Morgan fingerprint density at radius 3 is 2.73 bits per heavy atom. The Kier molecular flexibility index (Phi) is 9.08. The lowest BCUT2D eigenvalue weighted by molar-refractivity contribution is -0.137. The highest BCUT2D eigenvalue weighted by molar-refractivity contribution is 7.09. The van der Waals surface area contributed by atoms with Gasteiger partial charge in [0.1, 0.15) is 23.4 Å². The second-order valence-electron chi connectivity index (χ2n) is 13.6. The first kappa shape index (κ1) is 30.7. The molecule has 2 saturated carbocycles. The summed E-state index contributed by atoms with van der Waals surface area (Å²) in [6.45, 7) is 5.65. The number of hydrogen-bond donors (Lipinski definition) is 2. The van der Waals surface area contributed by atoms with Gasteiger partial charge in [-0.15, -0.1) is 11.3 Å². The lowest BCUT2D eigenvalue weighted by Gasteiger charge is -2.49. The zero-order chi connectivity index (χ0) is 30.8. The van der Waals surface area contributed by atoms with E-state index in [-0.39, 0.29) is 37.3 Å². The predicted molar refractivity (Wildman–Crippen MR) is 167 cm³/mol. The van der Waals surface area contributed by atoms with Crippen molar-refractivity contribution in [2.45, 2.75) is 110 Å². The van der Waals surface area contributed by atoms with Crippen molar-refractivity contribution in [3.05, 3.63) is 45.4 Å². The zero-order valence-corrected chi connectivity index (χ0v) is 26.7. The average Bonchev–Trinajstić information content (AvgIpc) is 3.59. The molecule has 1 aromatic heterocycles. The Morgan fingerprint density at radius 1 is 1.18 bits per heavy atom. The van der Waals surface area contributed by atoms with Crippen LogP contribution in [0.1, 0.15) is 111 Å². The van der Waals surface area contributed by atoms with Gasteiger partial charge in [-0.1, -0.05) is 26.3 Å². The first-order valence-corrected chi connectivity index (χ1v) is 17.2. The van der Waals surface area contributed by atoms with Crippen LogP contribution in [-0.4, -0.2) is 39.6 Å². The predicted octanol–water partition coefficient (Wildman–Crippen LogP) is 5.51. The number of fused-ring (bicyclic) bond motifs is 3. The zero-order valence-electron chi connectivity index (χ0n) is 25.9. The monoisotopic (exact) mass is 620 g/mol. The molecule has 2 aromatic rings. The number of imide groups is 1. The van der Waals surface area contributed by atoms with E-state index < -0.39 is 11.9 Å². The largest absolute Gasteiger partial charge is 0.487 e. The molecule has 0 spiro atoms. The van der Waals surface area contributed by atoms with E-state index in [1.165, 1.54) is 54.8 Å². The molecule has 9 nitrogen and oxygen atoms in total. The van der Waals surface area contributed by atoms with Gasteiger partial charge in [0.2, 0.25) is 17.7 Å². The number of thiazole rings is 1. The van der Waals surface area contributed by atoms with E-state index in [1.54, 1.807) is 12.1 Å². The minimum absolute atomic E-state index is 0.0824. The third-order valence-corrected chi connectivity index (χ3v) is 11.3. The fraction of sp³-hybridized carbons (Fsp3) is 0.618. The summed E-state index contributed by atoms with van der Waals surface area (Å²) in [5.41, 5.74) is 2.43. The Morgan fingerprint density at radius 2 is 1.98 bits per heavy atom. The molecule has 236 valence electrons. The number of carbonyl (C=O) groups excluding carboxylic acids is 4. The smallest absolute Gasteiger partial charge is 0.255 e. The van der Waals surface area contributed by atoms with E-state index in [0.29, 0.717) is 36.1 Å². The van der Waals surface area contributed by atoms with Crippen molar-refractivity contribution in [3.8, 4) is 5.75 Å². The number of ether oxygens (including phenoxy) is 1. The number of amides is 4. The summed E-state index contributed by atoms with van der Waals surface area (Å²) in [6, 6.07) is 4.66. The molecule has 6 rings (SSSR count). The Labute approximate surface area is 263 Å². The van der Waals surface area contributed by atoms with Gasteiger partial charge in [-0.3, -0.25) is 24.5 Å². The molecule has 2 N–H and O–H groups in total. The van der Waals surface area contributed by atoms with Crippen LogP contribution in [0.5, 0.6) is 5.75 Å². The van der Waals surface area contributed by atoms with Crippen LogP contribution in [0, 0.1) is 23.2 Å². The number of hydrogen-bond acceptors (Lipinski definition) is 7. The molecule has 2 aliphatic heterocycles. The average molecular weight is 621 g/mol. The number of piperidine rings is 1. The molecule has 44 heavy (non-hydrogen) atoms. The number of aromatic nitrogens is 1. The van der Waals surface area contributed by atoms with Crippen LogP contribution in [0.4, 0.5) is 0 Å². The number of rotatable bonds is 11. The molecule has 0 radical (unpaired) electrons. The van der Waals surface area contributed by atoms with E-state index >= 15 is 0 Å². The maximum atomic E-state index is 13.1. The van der Waals surface area contributed by atoms with E-state index in [2.05, 4.69) is 29.5 Å². The maximum absolute atomic E-state index is 13.1. The van der Waals surface area contributed by atoms with Gasteiger partial charge in [-0.05, 0) is 86.7 Å². The lowest BCUT2D eigenvalue weighted by Crippen LogP contribution is -2.52.